The molecule has 5 aliphatic rings. The highest BCUT2D eigenvalue weighted by atomic mass is 32.2. The van der Waals surface area contributed by atoms with Crippen molar-refractivity contribution in [1.29, 1.82) is 0 Å². The summed E-state index contributed by atoms with van der Waals surface area (Å²) in [6.07, 6.45) is 9.16. The number of unbranched alkanes of at least 4 members (excludes halogenated alkanes) is 1. The Balaban J connectivity index is 1.70. The molecule has 4 saturated carbocycles. The number of aliphatic hydroxyl groups is 1. The maximum Gasteiger partial charge on any atom is 0.312 e. The first-order chi connectivity index (χ1) is 20.0. The Morgan fingerprint density at radius 2 is 1.72 bits per heavy atom. The molecule has 0 aromatic rings. The summed E-state index contributed by atoms with van der Waals surface area (Å²) in [5.74, 6) is -1.07. The number of Topliss-reactive ketones (excluding diaryl/α,β-unsaturated/α-hetero) is 2. The summed E-state index contributed by atoms with van der Waals surface area (Å²) in [7, 11) is 1.47. The number of methoxy groups -OCH3 is 1. The maximum absolute atomic E-state index is 14.7. The van der Waals surface area contributed by atoms with Crippen molar-refractivity contribution in [3.8, 4) is 0 Å². The Bertz CT molecular complexity index is 1300. The van der Waals surface area contributed by atoms with Crippen LogP contribution >= 0.6 is 11.8 Å². The molecule has 0 bridgehead atoms. The zero-order valence-corrected chi connectivity index (χ0v) is 28.4. The third kappa shape index (κ3) is 4.29. The Labute approximate surface area is 262 Å². The van der Waals surface area contributed by atoms with Crippen LogP contribution < -0.4 is 0 Å². The van der Waals surface area contributed by atoms with Gasteiger partial charge in [0.1, 0.15) is 0 Å². The van der Waals surface area contributed by atoms with Crippen LogP contribution in [0.4, 0.5) is 0 Å². The number of allylic oxidation sites excluding steroid dienone is 3. The lowest BCUT2D eigenvalue weighted by Crippen LogP contribution is -2.67. The Morgan fingerprint density at radius 3 is 2.35 bits per heavy atom. The average molecular weight is 613 g/mol. The minimum atomic E-state index is -1.21. The molecular weight excluding hydrogens is 560 g/mol. The van der Waals surface area contributed by atoms with Gasteiger partial charge >= 0.3 is 5.97 Å². The molecule has 0 aromatic carbocycles. The zero-order chi connectivity index (χ0) is 31.8. The highest BCUT2D eigenvalue weighted by Crippen LogP contribution is 2.75. The van der Waals surface area contributed by atoms with Gasteiger partial charge in [-0.1, -0.05) is 48.0 Å². The van der Waals surface area contributed by atoms with Crippen LogP contribution in [0, 0.1) is 50.2 Å². The van der Waals surface area contributed by atoms with Gasteiger partial charge in [0.2, 0.25) is 11.6 Å². The fourth-order valence-electron chi connectivity index (χ4n) is 10.7. The number of rotatable bonds is 6. The molecule has 8 atom stereocenters. The first-order valence-corrected chi connectivity index (χ1v) is 17.5. The number of carbonyl (C=O) groups excluding carboxylic acids is 4. The van der Waals surface area contributed by atoms with Crippen molar-refractivity contribution < 1.29 is 29.0 Å². The second-order valence-corrected chi connectivity index (χ2v) is 17.1. The Kier molecular flexibility index (Phi) is 8.11. The van der Waals surface area contributed by atoms with E-state index >= 15 is 0 Å². The molecule has 0 aromatic heterocycles. The molecular formula is C36H52O6S. The van der Waals surface area contributed by atoms with Gasteiger partial charge in [0.25, 0.3) is 0 Å². The van der Waals surface area contributed by atoms with Crippen LogP contribution in [0.15, 0.2) is 22.6 Å². The van der Waals surface area contributed by atoms with Crippen molar-refractivity contribution in [3.05, 3.63) is 22.6 Å². The van der Waals surface area contributed by atoms with E-state index in [-0.39, 0.29) is 34.9 Å². The number of thioether (sulfide) groups is 1. The lowest BCUT2D eigenvalue weighted by molar-refractivity contribution is -0.192. The van der Waals surface area contributed by atoms with Crippen molar-refractivity contribution in [2.24, 2.45) is 50.2 Å². The standard InChI is InChI=1S/C36H52O6S/c1-9-10-17-43-20-23-28(39)29(40)32(4,21-37)25-11-12-33(5)26(35(23,25)7)18-24(38)27-22-19-31(2,3)13-15-36(22,30(41)42-8)16-14-34(27,33)6/h18,20,22,25,27,37H,9-17,19,21H2,1-8H3/b23-20+/t22?,25?,27?,32-,33?,34-,35?,36?/m1/s1. The normalized spacial score (nSPS) is 44.6. The molecule has 4 fully saturated rings. The summed E-state index contributed by atoms with van der Waals surface area (Å²) in [5, 5.41) is 12.5. The van der Waals surface area contributed by atoms with E-state index in [9.17, 15) is 24.3 Å². The summed E-state index contributed by atoms with van der Waals surface area (Å²) in [6.45, 7) is 14.6. The van der Waals surface area contributed by atoms with Crippen LogP contribution in [-0.2, 0) is 23.9 Å². The predicted molar refractivity (Wildman–Crippen MR) is 169 cm³/mol. The van der Waals surface area contributed by atoms with E-state index in [1.54, 1.807) is 18.7 Å². The maximum atomic E-state index is 14.7. The molecule has 7 heteroatoms. The highest BCUT2D eigenvalue weighted by Gasteiger charge is 2.73. The third-order valence-electron chi connectivity index (χ3n) is 13.6. The monoisotopic (exact) mass is 612 g/mol. The fraction of sp³-hybridized carbons (Fsp3) is 0.778. The van der Waals surface area contributed by atoms with E-state index < -0.39 is 45.2 Å². The summed E-state index contributed by atoms with van der Waals surface area (Å²) in [6, 6.07) is 0. The second-order valence-electron chi connectivity index (χ2n) is 16.1. The minimum Gasteiger partial charge on any atom is -0.469 e. The number of hydrogen-bond acceptors (Lipinski definition) is 7. The van der Waals surface area contributed by atoms with Crippen molar-refractivity contribution in [1.82, 2.24) is 0 Å². The summed E-state index contributed by atoms with van der Waals surface area (Å²) in [4.78, 5) is 55.8. The van der Waals surface area contributed by atoms with E-state index in [0.717, 1.165) is 56.3 Å². The molecule has 5 rings (SSSR count). The minimum absolute atomic E-state index is 0.0139. The van der Waals surface area contributed by atoms with Gasteiger partial charge < -0.3 is 9.84 Å². The van der Waals surface area contributed by atoms with Crippen LogP contribution in [0.2, 0.25) is 0 Å². The Hall–Kier alpha value is -1.73. The fourth-order valence-corrected chi connectivity index (χ4v) is 11.8. The number of ether oxygens (including phenoxy) is 1. The Morgan fingerprint density at radius 1 is 1.05 bits per heavy atom. The van der Waals surface area contributed by atoms with Crippen LogP contribution in [0.1, 0.15) is 106 Å². The summed E-state index contributed by atoms with van der Waals surface area (Å²) < 4.78 is 5.44. The van der Waals surface area contributed by atoms with Crippen LogP contribution in [0.3, 0.4) is 0 Å². The first-order valence-electron chi connectivity index (χ1n) is 16.4. The number of aliphatic hydroxyl groups excluding tert-OH is 1. The van der Waals surface area contributed by atoms with Crippen LogP contribution in [0.25, 0.3) is 0 Å². The average Bonchev–Trinajstić information content (AvgIpc) is 2.96. The SMILES string of the molecule is CCCCS/C=C1\C(=O)C(=O)[C@](C)(CO)C2CCC3(C)C(=CC(=O)C4C5CC(C)(C)CCC5(C(=O)OC)CC[C@]43C)C12C. The third-order valence-corrected chi connectivity index (χ3v) is 14.5. The molecule has 6 unspecified atom stereocenters. The number of carbonyl (C=O) groups is 4. The molecule has 0 spiro atoms. The van der Waals surface area contributed by atoms with Gasteiger partial charge in [-0.15, -0.1) is 11.8 Å². The number of fused-ring (bicyclic) bond motifs is 7. The molecule has 0 radical (unpaired) electrons. The van der Waals surface area contributed by atoms with Gasteiger partial charge in [-0.25, -0.2) is 0 Å². The first kappa shape index (κ1) is 32.7. The molecule has 0 saturated heterocycles. The van der Waals surface area contributed by atoms with E-state index in [0.29, 0.717) is 18.4 Å². The van der Waals surface area contributed by atoms with E-state index in [1.165, 1.54) is 7.11 Å². The van der Waals surface area contributed by atoms with E-state index in [1.807, 2.05) is 11.5 Å². The zero-order valence-electron chi connectivity index (χ0n) is 27.6. The number of hydrogen-bond donors (Lipinski definition) is 1. The van der Waals surface area contributed by atoms with Gasteiger partial charge in [0, 0.05) is 16.9 Å². The van der Waals surface area contributed by atoms with Gasteiger partial charge in [-0.2, -0.15) is 0 Å². The molecule has 5 aliphatic carbocycles. The van der Waals surface area contributed by atoms with Crippen molar-refractivity contribution >= 4 is 35.1 Å². The van der Waals surface area contributed by atoms with Gasteiger partial charge in [-0.05, 0) is 109 Å². The smallest absolute Gasteiger partial charge is 0.312 e. The van der Waals surface area contributed by atoms with Crippen molar-refractivity contribution in [3.63, 3.8) is 0 Å². The molecule has 0 amide bonds. The van der Waals surface area contributed by atoms with Gasteiger partial charge in [0.05, 0.1) is 24.5 Å². The molecule has 6 nitrogen and oxygen atoms in total. The number of esters is 1. The van der Waals surface area contributed by atoms with Crippen molar-refractivity contribution in [2.45, 2.75) is 106 Å². The molecule has 1 N–H and O–H groups in total. The molecule has 0 heterocycles. The van der Waals surface area contributed by atoms with Gasteiger partial charge in [0.15, 0.2) is 5.78 Å². The summed E-state index contributed by atoms with van der Waals surface area (Å²) >= 11 is 1.57. The van der Waals surface area contributed by atoms with Crippen molar-refractivity contribution in [2.75, 3.05) is 19.5 Å². The highest BCUT2D eigenvalue weighted by molar-refractivity contribution is 8.02. The quantitative estimate of drug-likeness (QED) is 0.151. The lowest BCUT2D eigenvalue weighted by atomic mass is 9.33. The number of ketones is 3. The molecule has 43 heavy (non-hydrogen) atoms. The second kappa shape index (κ2) is 10.7. The lowest BCUT2D eigenvalue weighted by Gasteiger charge is -2.69. The van der Waals surface area contributed by atoms with Gasteiger partial charge in [-0.3, -0.25) is 19.2 Å². The summed E-state index contributed by atoms with van der Waals surface area (Å²) in [5.41, 5.74) is -2.13. The van der Waals surface area contributed by atoms with E-state index in [2.05, 4.69) is 41.5 Å². The van der Waals surface area contributed by atoms with Crippen LogP contribution in [0.5, 0.6) is 0 Å². The van der Waals surface area contributed by atoms with Crippen LogP contribution in [-0.4, -0.2) is 47.9 Å². The largest absolute Gasteiger partial charge is 0.469 e. The van der Waals surface area contributed by atoms with E-state index in [4.69, 9.17) is 4.74 Å². The predicted octanol–water partition coefficient (Wildman–Crippen LogP) is 6.89. The molecule has 0 aliphatic heterocycles. The topological polar surface area (TPSA) is 97.7 Å². The molecule has 238 valence electrons.